The van der Waals surface area contributed by atoms with Gasteiger partial charge in [-0.1, -0.05) is 79.5 Å². The van der Waals surface area contributed by atoms with E-state index in [1.807, 2.05) is 0 Å². The highest BCUT2D eigenvalue weighted by atomic mass is 35.5. The summed E-state index contributed by atoms with van der Waals surface area (Å²) in [5.41, 5.74) is 1.91. The van der Waals surface area contributed by atoms with E-state index in [0.717, 1.165) is 0 Å². The van der Waals surface area contributed by atoms with Crippen LogP contribution in [-0.2, 0) is 9.59 Å². The summed E-state index contributed by atoms with van der Waals surface area (Å²) in [5.74, 6) is -1.42. The van der Waals surface area contributed by atoms with Crippen LogP contribution >= 0.6 is 46.4 Å². The molecule has 44 heavy (non-hydrogen) atoms. The number of amides is 2. The van der Waals surface area contributed by atoms with Gasteiger partial charge in [-0.2, -0.15) is 0 Å². The zero-order valence-electron chi connectivity index (χ0n) is 23.8. The maximum atomic E-state index is 12.5. The van der Waals surface area contributed by atoms with Crippen molar-refractivity contribution in [3.63, 3.8) is 0 Å². The Balaban J connectivity index is 1.56. The van der Waals surface area contributed by atoms with Gasteiger partial charge in [-0.25, -0.2) is 0 Å². The highest BCUT2D eigenvalue weighted by molar-refractivity contribution is 6.46. The van der Waals surface area contributed by atoms with Crippen molar-refractivity contribution >= 4 is 81.2 Å². The van der Waals surface area contributed by atoms with E-state index >= 15 is 0 Å². The summed E-state index contributed by atoms with van der Waals surface area (Å²) < 4.78 is 11.0. The number of hydrogen-bond acceptors (Lipinski definition) is 6. The van der Waals surface area contributed by atoms with Gasteiger partial charge in [0.05, 0.1) is 10.0 Å². The Morgan fingerprint density at radius 2 is 1.02 bits per heavy atom. The average molecular weight is 678 g/mol. The van der Waals surface area contributed by atoms with Crippen LogP contribution in [0.3, 0.4) is 0 Å². The zero-order valence-corrected chi connectivity index (χ0v) is 26.8. The number of hydrogen-bond donors (Lipinski definition) is 2. The molecule has 0 fully saturated rings. The largest absolute Gasteiger partial charge is 0.482 e. The predicted octanol–water partition coefficient (Wildman–Crippen LogP) is 8.63. The van der Waals surface area contributed by atoms with E-state index in [1.165, 1.54) is 30.3 Å². The van der Waals surface area contributed by atoms with Gasteiger partial charge >= 0.3 is 0 Å². The molecule has 12 heteroatoms. The fraction of sp³-hybridized carbons (Fsp3) is 0.188. The SMILES string of the molecule is C=C(CC)C(=O)c1ccc(OCC(=O)Nc2cccc(NC(=O)COc3ccc(C(=O)C(=C)CC)c(Cl)c3Cl)c2)c(Cl)c1Cl. The van der Waals surface area contributed by atoms with Crippen LogP contribution in [0.2, 0.25) is 20.1 Å². The molecule has 0 aromatic heterocycles. The Bertz CT molecular complexity index is 1540. The molecule has 0 saturated carbocycles. The lowest BCUT2D eigenvalue weighted by molar-refractivity contribution is -0.118. The Morgan fingerprint density at radius 1 is 0.636 bits per heavy atom. The van der Waals surface area contributed by atoms with Gasteiger partial charge in [0.15, 0.2) is 24.8 Å². The molecule has 2 amide bonds. The van der Waals surface area contributed by atoms with E-state index in [1.54, 1.807) is 32.0 Å². The Morgan fingerprint density at radius 3 is 1.39 bits per heavy atom. The number of carbonyl (C=O) groups excluding carboxylic acids is 4. The fourth-order valence-corrected chi connectivity index (χ4v) is 4.62. The highest BCUT2D eigenvalue weighted by Gasteiger charge is 2.20. The summed E-state index contributed by atoms with van der Waals surface area (Å²) in [6, 6.07) is 12.2. The maximum absolute atomic E-state index is 12.5. The van der Waals surface area contributed by atoms with Crippen molar-refractivity contribution in [3.05, 3.63) is 104 Å². The molecule has 0 aliphatic rings. The number of rotatable bonds is 14. The molecule has 0 aliphatic carbocycles. The van der Waals surface area contributed by atoms with Crippen LogP contribution in [0.25, 0.3) is 0 Å². The summed E-state index contributed by atoms with van der Waals surface area (Å²) in [7, 11) is 0. The maximum Gasteiger partial charge on any atom is 0.262 e. The predicted molar refractivity (Wildman–Crippen MR) is 175 cm³/mol. The van der Waals surface area contributed by atoms with Gasteiger partial charge in [0.2, 0.25) is 0 Å². The van der Waals surface area contributed by atoms with E-state index in [0.29, 0.717) is 35.4 Å². The quantitative estimate of drug-likeness (QED) is 0.131. The third-order valence-corrected chi connectivity index (χ3v) is 7.96. The third-order valence-electron chi connectivity index (χ3n) is 6.23. The van der Waals surface area contributed by atoms with E-state index in [-0.39, 0.29) is 54.3 Å². The summed E-state index contributed by atoms with van der Waals surface area (Å²) >= 11 is 25.1. The number of allylic oxidation sites excluding steroid dienone is 2. The molecule has 8 nitrogen and oxygen atoms in total. The van der Waals surface area contributed by atoms with Crippen molar-refractivity contribution in [2.45, 2.75) is 26.7 Å². The van der Waals surface area contributed by atoms with Crippen LogP contribution in [0.4, 0.5) is 11.4 Å². The molecular formula is C32H28Cl4N2O6. The van der Waals surface area contributed by atoms with Crippen LogP contribution in [0, 0.1) is 0 Å². The molecule has 0 heterocycles. The lowest BCUT2D eigenvalue weighted by atomic mass is 10.0. The van der Waals surface area contributed by atoms with Crippen molar-refractivity contribution < 1.29 is 28.7 Å². The number of anilines is 2. The third kappa shape index (κ3) is 8.64. The Hall–Kier alpha value is -3.82. The molecule has 0 saturated heterocycles. The number of benzene rings is 3. The topological polar surface area (TPSA) is 111 Å². The minimum Gasteiger partial charge on any atom is -0.482 e. The van der Waals surface area contributed by atoms with Crippen molar-refractivity contribution in [1.29, 1.82) is 0 Å². The first-order valence-corrected chi connectivity index (χ1v) is 14.7. The number of nitrogens with one attached hydrogen (secondary N) is 2. The number of Topliss-reactive ketones (excluding diaryl/α,β-unsaturated/α-hetero) is 2. The minimum atomic E-state index is -0.514. The van der Waals surface area contributed by atoms with Crippen molar-refractivity contribution in [1.82, 2.24) is 0 Å². The molecule has 0 aliphatic heterocycles. The van der Waals surface area contributed by atoms with Gasteiger partial charge in [-0.05, 0) is 66.5 Å². The molecule has 0 atom stereocenters. The van der Waals surface area contributed by atoms with Crippen LogP contribution in [0.5, 0.6) is 11.5 Å². The second-order valence-corrected chi connectivity index (χ2v) is 10.8. The smallest absolute Gasteiger partial charge is 0.262 e. The molecule has 0 radical (unpaired) electrons. The Kier molecular flexibility index (Phi) is 12.4. The van der Waals surface area contributed by atoms with Crippen LogP contribution < -0.4 is 20.1 Å². The Labute approximate surface area is 274 Å². The molecule has 230 valence electrons. The molecule has 0 spiro atoms. The van der Waals surface area contributed by atoms with E-state index < -0.39 is 25.0 Å². The van der Waals surface area contributed by atoms with Gasteiger partial charge in [0.25, 0.3) is 11.8 Å². The average Bonchev–Trinajstić information content (AvgIpc) is 3.01. The van der Waals surface area contributed by atoms with Gasteiger partial charge in [-0.3, -0.25) is 19.2 Å². The monoisotopic (exact) mass is 676 g/mol. The van der Waals surface area contributed by atoms with Crippen LogP contribution in [0.1, 0.15) is 47.4 Å². The molecule has 3 aromatic carbocycles. The van der Waals surface area contributed by atoms with Crippen LogP contribution in [0.15, 0.2) is 72.8 Å². The van der Waals surface area contributed by atoms with Crippen molar-refractivity contribution in [2.75, 3.05) is 23.8 Å². The number of carbonyl (C=O) groups is 4. The lowest BCUT2D eigenvalue weighted by Crippen LogP contribution is -2.21. The molecular weight excluding hydrogens is 650 g/mol. The molecule has 2 N–H and O–H groups in total. The minimum absolute atomic E-state index is 0.00321. The molecule has 3 rings (SSSR count). The van der Waals surface area contributed by atoms with Crippen molar-refractivity contribution in [2.24, 2.45) is 0 Å². The van der Waals surface area contributed by atoms with Gasteiger partial charge in [0, 0.05) is 22.5 Å². The standard InChI is InChI=1S/C32H28Cl4N2O6/c1-5-17(3)31(41)21-10-12-23(29(35)27(21)33)43-15-25(39)37-19-8-7-9-20(14-19)38-26(40)16-44-24-13-11-22(28(34)30(24)36)32(42)18(4)6-2/h7-14H,3-6,15-16H2,1-2H3,(H,37,39)(H,38,40). The fourth-order valence-electron chi connectivity index (χ4n) is 3.69. The summed E-state index contributed by atoms with van der Waals surface area (Å²) in [6.45, 7) is 10.2. The van der Waals surface area contributed by atoms with Crippen molar-refractivity contribution in [3.8, 4) is 11.5 Å². The first-order chi connectivity index (χ1) is 20.9. The lowest BCUT2D eigenvalue weighted by Gasteiger charge is -2.13. The summed E-state index contributed by atoms with van der Waals surface area (Å²) in [6.07, 6.45) is 0.923. The number of halogens is 4. The number of ether oxygens (including phenoxy) is 2. The second kappa shape index (κ2) is 15.8. The first-order valence-electron chi connectivity index (χ1n) is 13.2. The number of ketones is 2. The first kappa shape index (κ1) is 34.7. The second-order valence-electron chi connectivity index (χ2n) is 9.31. The van der Waals surface area contributed by atoms with E-state index in [9.17, 15) is 19.2 Å². The van der Waals surface area contributed by atoms with E-state index in [2.05, 4.69) is 23.8 Å². The van der Waals surface area contributed by atoms with Gasteiger partial charge < -0.3 is 20.1 Å². The van der Waals surface area contributed by atoms with Gasteiger partial charge in [-0.15, -0.1) is 0 Å². The highest BCUT2D eigenvalue weighted by Crippen LogP contribution is 2.37. The normalized spacial score (nSPS) is 10.5. The van der Waals surface area contributed by atoms with E-state index in [4.69, 9.17) is 55.9 Å². The molecule has 3 aromatic rings. The summed E-state index contributed by atoms with van der Waals surface area (Å²) in [5, 5.41) is 5.32. The molecule has 0 bridgehead atoms. The van der Waals surface area contributed by atoms with Gasteiger partial charge in [0.1, 0.15) is 21.5 Å². The molecule has 0 unspecified atom stereocenters. The summed E-state index contributed by atoms with van der Waals surface area (Å²) in [4.78, 5) is 49.9. The van der Waals surface area contributed by atoms with Crippen LogP contribution in [-0.4, -0.2) is 36.6 Å². The zero-order chi connectivity index (χ0) is 32.6.